The monoisotopic (exact) mass is 298 g/mol. The van der Waals surface area contributed by atoms with Crippen LogP contribution in [-0.2, 0) is 6.42 Å². The number of halogens is 3. The Labute approximate surface area is 120 Å². The van der Waals surface area contributed by atoms with E-state index in [9.17, 15) is 13.9 Å². The summed E-state index contributed by atoms with van der Waals surface area (Å²) in [5.74, 6) is -1.61. The van der Waals surface area contributed by atoms with Crippen molar-refractivity contribution < 1.29 is 18.6 Å². The summed E-state index contributed by atoms with van der Waals surface area (Å²) in [6.45, 7) is 0. The van der Waals surface area contributed by atoms with Crippen LogP contribution >= 0.6 is 11.6 Å². The lowest BCUT2D eigenvalue weighted by Gasteiger charge is -2.14. The first-order valence-corrected chi connectivity index (χ1v) is 6.34. The smallest absolute Gasteiger partial charge is 0.135 e. The maximum atomic E-state index is 13.8. The number of ether oxygens (including phenoxy) is 1. The molecule has 0 radical (unpaired) electrons. The van der Waals surface area contributed by atoms with Crippen molar-refractivity contribution in [1.82, 2.24) is 0 Å². The first kappa shape index (κ1) is 14.8. The van der Waals surface area contributed by atoms with Gasteiger partial charge >= 0.3 is 0 Å². The van der Waals surface area contributed by atoms with E-state index in [2.05, 4.69) is 0 Å². The highest BCUT2D eigenvalue weighted by atomic mass is 35.5. The molecule has 20 heavy (non-hydrogen) atoms. The van der Waals surface area contributed by atoms with Gasteiger partial charge in [-0.05, 0) is 17.7 Å². The SMILES string of the molecule is COc1cc(F)c(C(O)Cc2cccc(Cl)c2)c(F)c1. The van der Waals surface area contributed by atoms with E-state index in [1.807, 2.05) is 0 Å². The maximum Gasteiger partial charge on any atom is 0.135 e. The molecule has 2 rings (SSSR count). The van der Waals surface area contributed by atoms with Crippen molar-refractivity contribution in [3.8, 4) is 5.75 Å². The van der Waals surface area contributed by atoms with Gasteiger partial charge in [0.2, 0.25) is 0 Å². The minimum atomic E-state index is -1.29. The van der Waals surface area contributed by atoms with Crippen molar-refractivity contribution >= 4 is 11.6 Å². The Morgan fingerprint density at radius 3 is 2.40 bits per heavy atom. The molecule has 0 saturated carbocycles. The third-order valence-electron chi connectivity index (χ3n) is 2.94. The number of benzene rings is 2. The molecule has 0 aliphatic heterocycles. The average molecular weight is 299 g/mol. The van der Waals surface area contributed by atoms with Gasteiger partial charge in [-0.25, -0.2) is 8.78 Å². The number of hydrogen-bond acceptors (Lipinski definition) is 2. The molecule has 2 aromatic carbocycles. The summed E-state index contributed by atoms with van der Waals surface area (Å²) in [4.78, 5) is 0. The van der Waals surface area contributed by atoms with Crippen LogP contribution in [0.15, 0.2) is 36.4 Å². The molecule has 5 heteroatoms. The zero-order valence-electron chi connectivity index (χ0n) is 10.7. The third-order valence-corrected chi connectivity index (χ3v) is 3.17. The van der Waals surface area contributed by atoms with Gasteiger partial charge in [0, 0.05) is 23.6 Å². The zero-order chi connectivity index (χ0) is 14.7. The minimum absolute atomic E-state index is 0.0682. The molecule has 106 valence electrons. The molecule has 0 aliphatic rings. The topological polar surface area (TPSA) is 29.5 Å². The Hall–Kier alpha value is -1.65. The Morgan fingerprint density at radius 1 is 1.20 bits per heavy atom. The predicted molar refractivity (Wildman–Crippen MR) is 73.0 cm³/mol. The highest BCUT2D eigenvalue weighted by Crippen LogP contribution is 2.28. The van der Waals surface area contributed by atoms with Gasteiger partial charge in [0.05, 0.1) is 18.8 Å². The molecular formula is C15H13ClF2O2. The molecule has 0 saturated heterocycles. The molecule has 1 atom stereocenters. The fourth-order valence-electron chi connectivity index (χ4n) is 1.99. The number of aliphatic hydroxyl groups is 1. The molecular weight excluding hydrogens is 286 g/mol. The maximum absolute atomic E-state index is 13.8. The minimum Gasteiger partial charge on any atom is -0.497 e. The molecule has 1 unspecified atom stereocenters. The molecule has 0 aromatic heterocycles. The van der Waals surface area contributed by atoms with E-state index >= 15 is 0 Å². The van der Waals surface area contributed by atoms with E-state index in [0.717, 1.165) is 12.1 Å². The second-order valence-electron chi connectivity index (χ2n) is 4.35. The second-order valence-corrected chi connectivity index (χ2v) is 4.79. The van der Waals surface area contributed by atoms with E-state index in [1.54, 1.807) is 24.3 Å². The van der Waals surface area contributed by atoms with E-state index in [-0.39, 0.29) is 17.7 Å². The van der Waals surface area contributed by atoms with Gasteiger partial charge in [-0.15, -0.1) is 0 Å². The molecule has 2 nitrogen and oxygen atoms in total. The van der Waals surface area contributed by atoms with Crippen LogP contribution < -0.4 is 4.74 Å². The summed E-state index contributed by atoms with van der Waals surface area (Å²) in [6.07, 6.45) is -1.22. The van der Waals surface area contributed by atoms with Gasteiger partial charge in [-0.2, -0.15) is 0 Å². The van der Waals surface area contributed by atoms with E-state index in [1.165, 1.54) is 7.11 Å². The van der Waals surface area contributed by atoms with E-state index in [4.69, 9.17) is 16.3 Å². The zero-order valence-corrected chi connectivity index (χ0v) is 11.5. The number of aliphatic hydroxyl groups excluding tert-OH is 1. The van der Waals surface area contributed by atoms with Gasteiger partial charge in [0.25, 0.3) is 0 Å². The molecule has 0 fully saturated rings. The first-order valence-electron chi connectivity index (χ1n) is 5.96. The summed E-state index contributed by atoms with van der Waals surface area (Å²) >= 11 is 5.83. The normalized spacial score (nSPS) is 12.2. The number of rotatable bonds is 4. The van der Waals surface area contributed by atoms with Crippen molar-refractivity contribution in [3.63, 3.8) is 0 Å². The fraction of sp³-hybridized carbons (Fsp3) is 0.200. The molecule has 0 amide bonds. The highest BCUT2D eigenvalue weighted by molar-refractivity contribution is 6.30. The summed E-state index contributed by atoms with van der Waals surface area (Å²) < 4.78 is 32.4. The van der Waals surface area contributed by atoms with Crippen molar-refractivity contribution in [3.05, 3.63) is 64.2 Å². The Kier molecular flexibility index (Phi) is 4.57. The lowest BCUT2D eigenvalue weighted by molar-refractivity contribution is 0.168. The largest absolute Gasteiger partial charge is 0.497 e. The van der Waals surface area contributed by atoms with E-state index in [0.29, 0.717) is 10.6 Å². The van der Waals surface area contributed by atoms with Crippen LogP contribution in [0.25, 0.3) is 0 Å². The lowest BCUT2D eigenvalue weighted by Crippen LogP contribution is -2.08. The standard InChI is InChI=1S/C15H13ClF2O2/c1-20-11-7-12(17)15(13(18)8-11)14(19)6-9-3-2-4-10(16)5-9/h2-5,7-8,14,19H,6H2,1H3. The predicted octanol–water partition coefficient (Wildman–Crippen LogP) is 3.90. The van der Waals surface area contributed by atoms with Gasteiger partial charge < -0.3 is 9.84 Å². The Balaban J connectivity index is 2.27. The summed E-state index contributed by atoms with van der Waals surface area (Å²) in [5.41, 5.74) is 0.324. The van der Waals surface area contributed by atoms with Gasteiger partial charge in [-0.3, -0.25) is 0 Å². The Bertz CT molecular complexity index is 594. The molecule has 0 heterocycles. The van der Waals surface area contributed by atoms with Gasteiger partial charge in [0.15, 0.2) is 0 Å². The highest BCUT2D eigenvalue weighted by Gasteiger charge is 2.20. The van der Waals surface area contributed by atoms with Crippen LogP contribution in [0.3, 0.4) is 0 Å². The molecule has 0 aliphatic carbocycles. The quantitative estimate of drug-likeness (QED) is 0.927. The second kappa shape index (κ2) is 6.20. The molecule has 0 bridgehead atoms. The summed E-state index contributed by atoms with van der Waals surface area (Å²) in [6, 6.07) is 8.86. The van der Waals surface area contributed by atoms with Crippen LogP contribution in [0, 0.1) is 11.6 Å². The molecule has 0 spiro atoms. The van der Waals surface area contributed by atoms with Crippen LogP contribution in [0.5, 0.6) is 5.75 Å². The average Bonchev–Trinajstić information content (AvgIpc) is 2.37. The van der Waals surface area contributed by atoms with Gasteiger partial charge in [0.1, 0.15) is 17.4 Å². The lowest BCUT2D eigenvalue weighted by atomic mass is 10.0. The summed E-state index contributed by atoms with van der Waals surface area (Å²) in [7, 11) is 1.32. The molecule has 2 aromatic rings. The van der Waals surface area contributed by atoms with Crippen molar-refractivity contribution in [1.29, 1.82) is 0 Å². The first-order chi connectivity index (χ1) is 9.51. The molecule has 1 N–H and O–H groups in total. The van der Waals surface area contributed by atoms with Crippen LogP contribution in [0.2, 0.25) is 5.02 Å². The van der Waals surface area contributed by atoms with Crippen LogP contribution in [0.1, 0.15) is 17.2 Å². The van der Waals surface area contributed by atoms with E-state index < -0.39 is 17.7 Å². The van der Waals surface area contributed by atoms with Gasteiger partial charge in [-0.1, -0.05) is 23.7 Å². The number of hydrogen-bond donors (Lipinski definition) is 1. The van der Waals surface area contributed by atoms with Crippen molar-refractivity contribution in [2.24, 2.45) is 0 Å². The van der Waals surface area contributed by atoms with Crippen LogP contribution in [-0.4, -0.2) is 12.2 Å². The fourth-order valence-corrected chi connectivity index (χ4v) is 2.20. The summed E-state index contributed by atoms with van der Waals surface area (Å²) in [5, 5.41) is 10.5. The third kappa shape index (κ3) is 3.26. The number of methoxy groups -OCH3 is 1. The van der Waals surface area contributed by atoms with Crippen molar-refractivity contribution in [2.75, 3.05) is 7.11 Å². The Morgan fingerprint density at radius 2 is 1.85 bits per heavy atom. The van der Waals surface area contributed by atoms with Crippen LogP contribution in [0.4, 0.5) is 8.78 Å². The van der Waals surface area contributed by atoms with Crippen molar-refractivity contribution in [2.45, 2.75) is 12.5 Å².